The van der Waals surface area contributed by atoms with Crippen LogP contribution >= 0.6 is 0 Å². The minimum atomic E-state index is -1.87. The molecule has 6 fully saturated rings. The van der Waals surface area contributed by atoms with Gasteiger partial charge in [-0.3, -0.25) is 4.79 Å². The Morgan fingerprint density at radius 3 is 2.41 bits per heavy atom. The Morgan fingerprint density at radius 1 is 1.11 bits per heavy atom. The first-order valence-electron chi connectivity index (χ1n) is 13.8. The minimum absolute atomic E-state index is 0.0294. The number of methoxy groups -OCH3 is 4. The zero-order chi connectivity index (χ0) is 26.8. The quantitative estimate of drug-likeness (QED) is 0.283. The molecular formula is C27H43NO9. The second-order valence-electron chi connectivity index (χ2n) is 12.8. The molecule has 0 amide bonds. The van der Waals surface area contributed by atoms with Gasteiger partial charge in [0, 0.05) is 59.5 Å². The maximum absolute atomic E-state index is 15.1. The van der Waals surface area contributed by atoms with Crippen molar-refractivity contribution in [3.05, 3.63) is 5.21 Å². The number of carbonyl (C=O) groups excluding carboxylic acids is 1. The highest BCUT2D eigenvalue weighted by atomic mass is 16.6. The van der Waals surface area contributed by atoms with Gasteiger partial charge in [0.2, 0.25) is 0 Å². The predicted octanol–water partition coefficient (Wildman–Crippen LogP) is 0.854. The van der Waals surface area contributed by atoms with Gasteiger partial charge in [-0.25, -0.2) is 0 Å². The molecule has 10 nitrogen and oxygen atoms in total. The van der Waals surface area contributed by atoms with Crippen molar-refractivity contribution in [2.45, 2.75) is 81.2 Å². The number of likely N-dealkylation sites (N-methyl/N-ethyl adjacent to an activating group) is 1. The van der Waals surface area contributed by atoms with Crippen molar-refractivity contribution in [3.63, 3.8) is 0 Å². The molecule has 7 bridgehead atoms. The number of rotatable bonds is 7. The van der Waals surface area contributed by atoms with Crippen molar-refractivity contribution in [1.82, 2.24) is 0 Å². The predicted molar refractivity (Wildman–Crippen MR) is 130 cm³/mol. The van der Waals surface area contributed by atoms with Gasteiger partial charge in [0.25, 0.3) is 0 Å². The van der Waals surface area contributed by atoms with Gasteiger partial charge in [0.05, 0.1) is 48.3 Å². The van der Waals surface area contributed by atoms with Gasteiger partial charge in [-0.2, -0.15) is 0 Å². The van der Waals surface area contributed by atoms with E-state index in [-0.39, 0.29) is 62.2 Å². The lowest BCUT2D eigenvalue weighted by Crippen LogP contribution is -2.85. The van der Waals surface area contributed by atoms with Crippen molar-refractivity contribution in [3.8, 4) is 0 Å². The second kappa shape index (κ2) is 8.10. The van der Waals surface area contributed by atoms with Gasteiger partial charge in [0.1, 0.15) is 18.2 Å². The monoisotopic (exact) mass is 525 g/mol. The van der Waals surface area contributed by atoms with E-state index in [0.717, 1.165) is 0 Å². The van der Waals surface area contributed by atoms with E-state index in [2.05, 4.69) is 0 Å². The number of esters is 1. The van der Waals surface area contributed by atoms with Crippen molar-refractivity contribution >= 4 is 5.97 Å². The van der Waals surface area contributed by atoms with Gasteiger partial charge in [-0.15, -0.1) is 0 Å². The fraction of sp³-hybridized carbons (Fsp3) is 0.963. The van der Waals surface area contributed by atoms with Crippen LogP contribution in [0.3, 0.4) is 0 Å². The highest BCUT2D eigenvalue weighted by Crippen LogP contribution is 2.81. The number of aliphatic hydroxyl groups is 2. The minimum Gasteiger partial charge on any atom is -0.632 e. The molecule has 210 valence electrons. The van der Waals surface area contributed by atoms with Crippen LogP contribution in [0.4, 0.5) is 0 Å². The Bertz CT molecular complexity index is 966. The number of ether oxygens (including phenoxy) is 5. The van der Waals surface area contributed by atoms with E-state index in [9.17, 15) is 15.0 Å². The number of quaternary nitrogens is 1. The van der Waals surface area contributed by atoms with Crippen LogP contribution in [0, 0.1) is 39.7 Å². The molecule has 37 heavy (non-hydrogen) atoms. The third-order valence-electron chi connectivity index (χ3n) is 12.2. The third kappa shape index (κ3) is 2.68. The molecule has 2 unspecified atom stereocenters. The molecule has 1 heterocycles. The molecule has 5 saturated carbocycles. The maximum atomic E-state index is 15.1. The Kier molecular flexibility index (Phi) is 5.77. The fourth-order valence-electron chi connectivity index (χ4n) is 11.5. The van der Waals surface area contributed by atoms with Gasteiger partial charge in [-0.1, -0.05) is 0 Å². The SMILES string of the molecule is CC[N+]1([O-])C[C@]2(COC(C)=O)CC[C@H](OC)[C@]34C1[C@@](O)([C@@H](OC)[C@H]23)[C@@]1(O)C[C@H](OC)[C@H]2C[C@@H]4[C@@H]1[C@H]2OC. The highest BCUT2D eigenvalue weighted by molar-refractivity contribution is 5.66. The van der Waals surface area contributed by atoms with Crippen LogP contribution < -0.4 is 0 Å². The van der Waals surface area contributed by atoms with E-state index in [1.54, 1.807) is 28.4 Å². The number of likely N-dealkylation sites (tertiary alicyclic amines) is 1. The van der Waals surface area contributed by atoms with E-state index < -0.39 is 50.7 Å². The van der Waals surface area contributed by atoms with Crippen LogP contribution in [0.1, 0.15) is 39.5 Å². The summed E-state index contributed by atoms with van der Waals surface area (Å²) in [5.41, 5.74) is -5.02. The number of hydroxylamine groups is 3. The average molecular weight is 526 g/mol. The summed E-state index contributed by atoms with van der Waals surface area (Å²) in [5, 5.41) is 41.1. The van der Waals surface area contributed by atoms with E-state index in [0.29, 0.717) is 19.3 Å². The fourth-order valence-corrected chi connectivity index (χ4v) is 11.5. The summed E-state index contributed by atoms with van der Waals surface area (Å²) >= 11 is 0. The normalized spacial score (nSPS) is 58.9. The summed E-state index contributed by atoms with van der Waals surface area (Å²) < 4.78 is 29.5. The van der Waals surface area contributed by atoms with Gasteiger partial charge < -0.3 is 43.8 Å². The molecule has 10 heteroatoms. The number of hydrogen-bond donors (Lipinski definition) is 2. The molecule has 0 aromatic rings. The average Bonchev–Trinajstić information content (AvgIpc) is 3.30. The van der Waals surface area contributed by atoms with Crippen LogP contribution in [0.2, 0.25) is 0 Å². The first kappa shape index (κ1) is 26.4. The van der Waals surface area contributed by atoms with E-state index in [1.165, 1.54) is 6.92 Å². The molecule has 5 aliphatic carbocycles. The van der Waals surface area contributed by atoms with E-state index >= 15 is 5.21 Å². The Balaban J connectivity index is 1.68. The van der Waals surface area contributed by atoms with Gasteiger partial charge >= 0.3 is 5.97 Å². The van der Waals surface area contributed by atoms with Crippen LogP contribution in [0.25, 0.3) is 0 Å². The summed E-state index contributed by atoms with van der Waals surface area (Å²) in [7, 11) is 6.54. The number of carbonyl (C=O) groups is 1. The molecule has 1 saturated heterocycles. The molecule has 0 radical (unpaired) electrons. The maximum Gasteiger partial charge on any atom is 0.302 e. The summed E-state index contributed by atoms with van der Waals surface area (Å²) in [6, 6.07) is -0.853. The summed E-state index contributed by atoms with van der Waals surface area (Å²) in [6.07, 6.45) is 0.409. The van der Waals surface area contributed by atoms with E-state index in [1.807, 2.05) is 6.92 Å². The zero-order valence-corrected chi connectivity index (χ0v) is 22.8. The van der Waals surface area contributed by atoms with Crippen molar-refractivity contribution < 1.29 is 43.3 Å². The number of fused-ring (bicyclic) bond motifs is 2. The van der Waals surface area contributed by atoms with Crippen LogP contribution in [-0.2, 0) is 28.5 Å². The standard InChI is InChI=1S/C27H43NO9/c1-7-28(32)12-24(13-37-14(2)29)9-8-18(34-4)26-16-10-15-17(33-3)11-25(30,19(16)20(15)35-5)27(31,23(26)28)22(36-6)21(24)26/h15-23,30-31H,7-13H2,1-6H3/t15-,16-,17+,18+,19-,20+,21-,22+,23?,24+,25-,26+,27+,28?/m1/s1. The van der Waals surface area contributed by atoms with Crippen LogP contribution in [0.15, 0.2) is 0 Å². The second-order valence-corrected chi connectivity index (χ2v) is 12.8. The third-order valence-corrected chi connectivity index (χ3v) is 12.2. The van der Waals surface area contributed by atoms with Crippen molar-refractivity contribution in [2.24, 2.45) is 34.5 Å². The van der Waals surface area contributed by atoms with Crippen LogP contribution in [0.5, 0.6) is 0 Å². The molecule has 2 N–H and O–H groups in total. The molecule has 6 rings (SSSR count). The van der Waals surface area contributed by atoms with E-state index in [4.69, 9.17) is 23.7 Å². The Hall–Kier alpha value is -0.850. The lowest BCUT2D eigenvalue weighted by molar-refractivity contribution is -0.936. The lowest BCUT2D eigenvalue weighted by Gasteiger charge is -2.73. The Morgan fingerprint density at radius 2 is 1.84 bits per heavy atom. The molecule has 1 spiro atoms. The first-order chi connectivity index (χ1) is 17.5. The molecular weight excluding hydrogens is 482 g/mol. The molecule has 0 aromatic carbocycles. The molecule has 6 aliphatic rings. The molecule has 14 atom stereocenters. The summed E-state index contributed by atoms with van der Waals surface area (Å²) in [5.74, 6) is -1.25. The van der Waals surface area contributed by atoms with Gasteiger partial charge in [-0.05, 0) is 32.1 Å². The largest absolute Gasteiger partial charge is 0.632 e. The van der Waals surface area contributed by atoms with Crippen LogP contribution in [-0.4, -0.2) is 111 Å². The van der Waals surface area contributed by atoms with Crippen molar-refractivity contribution in [1.29, 1.82) is 0 Å². The lowest BCUT2D eigenvalue weighted by atomic mass is 9.42. The summed E-state index contributed by atoms with van der Waals surface area (Å²) in [6.45, 7) is 3.74. The number of hydrogen-bond acceptors (Lipinski definition) is 9. The zero-order valence-electron chi connectivity index (χ0n) is 22.8. The molecule has 0 aromatic heterocycles. The number of piperidine rings is 1. The first-order valence-corrected chi connectivity index (χ1v) is 13.8. The topological polar surface area (TPSA) is 127 Å². The van der Waals surface area contributed by atoms with Crippen molar-refractivity contribution in [2.75, 3.05) is 48.1 Å². The smallest absolute Gasteiger partial charge is 0.302 e. The Labute approximate surface area is 218 Å². The summed E-state index contributed by atoms with van der Waals surface area (Å²) in [4.78, 5) is 12.0. The highest BCUT2D eigenvalue weighted by Gasteiger charge is 2.94. The van der Waals surface area contributed by atoms with Gasteiger partial charge in [0.15, 0.2) is 5.60 Å². The molecule has 1 aliphatic heterocycles. The number of nitrogens with zero attached hydrogens (tertiary/aromatic N) is 1.